The quantitative estimate of drug-likeness (QED) is 0.563. The maximum atomic E-state index is 13.0. The monoisotopic (exact) mass is 444 g/mol. The largest absolute Gasteiger partial charge is 0.300 e. The van der Waals surface area contributed by atoms with Crippen LogP contribution in [0, 0.1) is 41.4 Å². The molecular formula is C26H36O4S. The second-order valence-corrected chi connectivity index (χ2v) is 12.9. The minimum Gasteiger partial charge on any atom is -0.300 e. The first-order valence-corrected chi connectivity index (χ1v) is 13.6. The summed E-state index contributed by atoms with van der Waals surface area (Å²) in [6.45, 7) is 6.69. The van der Waals surface area contributed by atoms with Gasteiger partial charge < -0.3 is 0 Å². The van der Waals surface area contributed by atoms with Gasteiger partial charge in [0.2, 0.25) is 0 Å². The molecule has 170 valence electrons. The van der Waals surface area contributed by atoms with Crippen molar-refractivity contribution in [2.75, 3.05) is 0 Å². The zero-order valence-corrected chi connectivity index (χ0v) is 19.9. The molecule has 7 atom stereocenters. The molecule has 4 aliphatic rings. The van der Waals surface area contributed by atoms with Crippen molar-refractivity contribution in [2.45, 2.75) is 89.6 Å². The lowest BCUT2D eigenvalue weighted by Gasteiger charge is -2.60. The molecule has 0 radical (unpaired) electrons. The summed E-state index contributed by atoms with van der Waals surface area (Å²) >= 11 is 0. The van der Waals surface area contributed by atoms with Crippen molar-refractivity contribution in [1.82, 2.24) is 0 Å². The van der Waals surface area contributed by atoms with E-state index in [2.05, 4.69) is 13.8 Å². The first kappa shape index (κ1) is 21.6. The topological polar surface area (TPSA) is 60.4 Å². The number of benzene rings is 1. The molecule has 5 rings (SSSR count). The van der Waals surface area contributed by atoms with Gasteiger partial charge in [0.25, 0.3) is 10.1 Å². The Morgan fingerprint density at radius 2 is 1.61 bits per heavy atom. The number of rotatable bonds is 3. The lowest BCUT2D eigenvalue weighted by molar-refractivity contribution is -0.140. The van der Waals surface area contributed by atoms with E-state index in [1.165, 1.54) is 6.42 Å². The molecule has 4 nitrogen and oxygen atoms in total. The van der Waals surface area contributed by atoms with Gasteiger partial charge in [-0.3, -0.25) is 8.98 Å². The summed E-state index contributed by atoms with van der Waals surface area (Å²) in [5.41, 5.74) is 1.25. The molecule has 0 unspecified atom stereocenters. The average molecular weight is 445 g/mol. The summed E-state index contributed by atoms with van der Waals surface area (Å²) < 4.78 is 32.0. The van der Waals surface area contributed by atoms with Crippen LogP contribution in [0.25, 0.3) is 0 Å². The van der Waals surface area contributed by atoms with Crippen molar-refractivity contribution >= 4 is 15.9 Å². The molecule has 0 bridgehead atoms. The number of carbonyl (C=O) groups excluding carboxylic acids is 1. The fourth-order valence-electron chi connectivity index (χ4n) is 8.07. The molecule has 31 heavy (non-hydrogen) atoms. The Balaban J connectivity index is 1.37. The van der Waals surface area contributed by atoms with Crippen molar-refractivity contribution in [2.24, 2.45) is 34.5 Å². The predicted octanol–water partition coefficient (Wildman–Crippen LogP) is 5.68. The fraction of sp³-hybridized carbons (Fsp3) is 0.731. The number of ketones is 1. The van der Waals surface area contributed by atoms with Crippen LogP contribution in [0.5, 0.6) is 0 Å². The van der Waals surface area contributed by atoms with Gasteiger partial charge in [0.05, 0.1) is 11.0 Å². The molecule has 0 heterocycles. The zero-order chi connectivity index (χ0) is 22.0. The number of hydrogen-bond acceptors (Lipinski definition) is 4. The summed E-state index contributed by atoms with van der Waals surface area (Å²) in [5.74, 6) is 2.85. The van der Waals surface area contributed by atoms with E-state index < -0.39 is 10.1 Å². The molecule has 4 fully saturated rings. The third-order valence-corrected chi connectivity index (χ3v) is 11.3. The summed E-state index contributed by atoms with van der Waals surface area (Å²) in [4.78, 5) is 12.4. The molecule has 1 aromatic carbocycles. The van der Waals surface area contributed by atoms with Crippen molar-refractivity contribution < 1.29 is 17.4 Å². The minimum atomic E-state index is -3.75. The first-order valence-electron chi connectivity index (χ1n) is 12.2. The van der Waals surface area contributed by atoms with E-state index in [4.69, 9.17) is 4.18 Å². The molecule has 0 amide bonds. The highest BCUT2D eigenvalue weighted by molar-refractivity contribution is 7.86. The second kappa shape index (κ2) is 7.41. The van der Waals surface area contributed by atoms with E-state index in [0.717, 1.165) is 56.9 Å². The van der Waals surface area contributed by atoms with E-state index in [1.807, 2.05) is 19.1 Å². The van der Waals surface area contributed by atoms with Crippen LogP contribution in [-0.2, 0) is 19.1 Å². The molecule has 1 aromatic rings. The highest BCUT2D eigenvalue weighted by Crippen LogP contribution is 2.66. The maximum absolute atomic E-state index is 13.0. The predicted molar refractivity (Wildman–Crippen MR) is 120 cm³/mol. The normalized spacial score (nSPS) is 42.5. The highest BCUT2D eigenvalue weighted by Gasteiger charge is 2.61. The Kier molecular flexibility index (Phi) is 5.17. The van der Waals surface area contributed by atoms with Crippen LogP contribution in [0.3, 0.4) is 0 Å². The van der Waals surface area contributed by atoms with Gasteiger partial charge in [-0.05, 0) is 98.5 Å². The van der Waals surface area contributed by atoms with Crippen molar-refractivity contribution in [3.8, 4) is 0 Å². The van der Waals surface area contributed by atoms with Gasteiger partial charge in [0.15, 0.2) is 0 Å². The molecule has 4 aliphatic carbocycles. The Labute approximate surface area is 187 Å². The van der Waals surface area contributed by atoms with Gasteiger partial charge in [0.1, 0.15) is 5.78 Å². The maximum Gasteiger partial charge on any atom is 0.297 e. The van der Waals surface area contributed by atoms with E-state index in [1.54, 1.807) is 12.1 Å². The van der Waals surface area contributed by atoms with Crippen LogP contribution in [-0.4, -0.2) is 20.3 Å². The molecule has 0 aromatic heterocycles. The van der Waals surface area contributed by atoms with Crippen molar-refractivity contribution in [1.29, 1.82) is 0 Å². The van der Waals surface area contributed by atoms with Crippen LogP contribution < -0.4 is 0 Å². The van der Waals surface area contributed by atoms with Gasteiger partial charge >= 0.3 is 0 Å². The Morgan fingerprint density at radius 3 is 2.35 bits per heavy atom. The molecule has 0 aliphatic heterocycles. The number of hydrogen-bond donors (Lipinski definition) is 0. The van der Waals surface area contributed by atoms with Gasteiger partial charge in [-0.15, -0.1) is 0 Å². The Bertz CT molecular complexity index is 968. The third-order valence-electron chi connectivity index (χ3n) is 9.95. The SMILES string of the molecule is Cc1ccc(S(=O)(=O)O[C@@H]2CC[C@H]3[C@H]4CC[C@@H]5CC(=O)CC[C@]5(C)[C@@H]4CC[C@]23C)cc1. The van der Waals surface area contributed by atoms with Crippen LogP contribution in [0.1, 0.15) is 77.2 Å². The van der Waals surface area contributed by atoms with E-state index in [0.29, 0.717) is 29.5 Å². The molecule has 0 saturated heterocycles. The molecule has 0 N–H and O–H groups in total. The number of carbonyl (C=O) groups is 1. The van der Waals surface area contributed by atoms with E-state index in [-0.39, 0.29) is 21.8 Å². The van der Waals surface area contributed by atoms with Crippen LogP contribution in [0.15, 0.2) is 29.2 Å². The molecular weight excluding hydrogens is 408 g/mol. The van der Waals surface area contributed by atoms with E-state index >= 15 is 0 Å². The van der Waals surface area contributed by atoms with Gasteiger partial charge in [-0.25, -0.2) is 0 Å². The van der Waals surface area contributed by atoms with Gasteiger partial charge in [-0.2, -0.15) is 8.42 Å². The van der Waals surface area contributed by atoms with Crippen LogP contribution in [0.4, 0.5) is 0 Å². The smallest absolute Gasteiger partial charge is 0.297 e. The summed E-state index contributed by atoms with van der Waals surface area (Å²) in [7, 11) is -3.75. The van der Waals surface area contributed by atoms with Crippen molar-refractivity contribution in [3.63, 3.8) is 0 Å². The zero-order valence-electron chi connectivity index (χ0n) is 19.1. The molecule has 0 spiro atoms. The highest BCUT2D eigenvalue weighted by atomic mass is 32.2. The van der Waals surface area contributed by atoms with Gasteiger partial charge in [-0.1, -0.05) is 31.5 Å². The summed E-state index contributed by atoms with van der Waals surface area (Å²) in [6, 6.07) is 6.97. The summed E-state index contributed by atoms with van der Waals surface area (Å²) in [6.07, 6.45) is 8.75. The number of fused-ring (bicyclic) bond motifs is 5. The second-order valence-electron chi connectivity index (χ2n) is 11.4. The minimum absolute atomic E-state index is 0.0768. The lowest BCUT2D eigenvalue weighted by Crippen LogP contribution is -2.54. The van der Waals surface area contributed by atoms with E-state index in [9.17, 15) is 13.2 Å². The number of aryl methyl sites for hydroxylation is 1. The summed E-state index contributed by atoms with van der Waals surface area (Å²) in [5, 5.41) is 0. The Morgan fingerprint density at radius 1 is 0.903 bits per heavy atom. The van der Waals surface area contributed by atoms with Crippen LogP contribution in [0.2, 0.25) is 0 Å². The van der Waals surface area contributed by atoms with Crippen molar-refractivity contribution in [3.05, 3.63) is 29.8 Å². The van der Waals surface area contributed by atoms with Gasteiger partial charge in [0, 0.05) is 12.8 Å². The standard InChI is InChI=1S/C26H36O4S/c1-17-4-7-20(8-5-17)31(28,29)30-24-11-10-22-21-9-6-18-16-19(27)12-14-25(18,2)23(21)13-15-26(22,24)3/h4-5,7-8,18,21-24H,6,9-16H2,1-3H3/t18-,21-,22+,23-,24-,25+,26+/m1/s1. The third kappa shape index (κ3) is 3.42. The fourth-order valence-corrected chi connectivity index (χ4v) is 9.27. The van der Waals surface area contributed by atoms with Crippen LogP contribution >= 0.6 is 0 Å². The number of Topliss-reactive ketones (excluding diaryl/α,β-unsaturated/α-hetero) is 1. The Hall–Kier alpha value is -1.20. The lowest BCUT2D eigenvalue weighted by atomic mass is 9.45. The molecule has 4 saturated carbocycles. The first-order chi connectivity index (χ1) is 14.6. The average Bonchev–Trinajstić information content (AvgIpc) is 3.04. The molecule has 5 heteroatoms.